The monoisotopic (exact) mass is 431 g/mol. The molecular weight excluding hydrogens is 402 g/mol. The van der Waals surface area contributed by atoms with E-state index < -0.39 is 15.4 Å². The summed E-state index contributed by atoms with van der Waals surface area (Å²) in [7, 11) is -3.79. The first kappa shape index (κ1) is 20.9. The van der Waals surface area contributed by atoms with Crippen molar-refractivity contribution in [3.05, 3.63) is 41.3 Å². The van der Waals surface area contributed by atoms with Crippen LogP contribution in [-0.2, 0) is 20.2 Å². The summed E-state index contributed by atoms with van der Waals surface area (Å²) < 4.78 is 32.9. The summed E-state index contributed by atoms with van der Waals surface area (Å²) in [5, 5.41) is 6.99. The van der Waals surface area contributed by atoms with Crippen LogP contribution in [0.15, 0.2) is 33.7 Å². The van der Waals surface area contributed by atoms with E-state index in [1.54, 1.807) is 26.0 Å². The fourth-order valence-electron chi connectivity index (χ4n) is 4.44. The second-order valence-corrected chi connectivity index (χ2v) is 10.2. The normalized spacial score (nSPS) is 19.1. The molecule has 30 heavy (non-hydrogen) atoms. The highest BCUT2D eigenvalue weighted by atomic mass is 32.2. The number of carbonyl (C=O) groups excluding carboxylic acids is 1. The van der Waals surface area contributed by atoms with Gasteiger partial charge in [0.1, 0.15) is 5.69 Å². The Bertz CT molecular complexity index is 996. The summed E-state index contributed by atoms with van der Waals surface area (Å²) in [4.78, 5) is 13.1. The van der Waals surface area contributed by atoms with Crippen LogP contribution in [0, 0.1) is 13.8 Å². The van der Waals surface area contributed by atoms with Gasteiger partial charge in [-0.15, -0.1) is 0 Å². The molecule has 2 aromatic rings. The first-order valence-corrected chi connectivity index (χ1v) is 12.2. The molecule has 2 aliphatic carbocycles. The van der Waals surface area contributed by atoms with Crippen molar-refractivity contribution in [1.29, 1.82) is 0 Å². The summed E-state index contributed by atoms with van der Waals surface area (Å²) in [5.74, 6) is 0.363. The molecule has 1 aromatic heterocycles. The summed E-state index contributed by atoms with van der Waals surface area (Å²) in [6.07, 6.45) is 8.64. The zero-order valence-corrected chi connectivity index (χ0v) is 18.3. The van der Waals surface area contributed by atoms with E-state index in [4.69, 9.17) is 4.52 Å². The lowest BCUT2D eigenvalue weighted by Gasteiger charge is -2.22. The maximum atomic E-state index is 13.0. The third-order valence-electron chi connectivity index (χ3n) is 6.30. The van der Waals surface area contributed by atoms with Crippen molar-refractivity contribution in [2.45, 2.75) is 81.6 Å². The van der Waals surface area contributed by atoms with Gasteiger partial charge in [-0.3, -0.25) is 9.52 Å². The van der Waals surface area contributed by atoms with Gasteiger partial charge in [-0.25, -0.2) is 8.42 Å². The van der Waals surface area contributed by atoms with Crippen molar-refractivity contribution in [2.24, 2.45) is 0 Å². The van der Waals surface area contributed by atoms with Crippen LogP contribution in [0.5, 0.6) is 0 Å². The number of anilines is 1. The summed E-state index contributed by atoms with van der Waals surface area (Å²) in [6, 6.07) is 7.41. The number of rotatable bonds is 6. The first-order chi connectivity index (χ1) is 14.3. The minimum Gasteiger partial charge on any atom is -0.360 e. The Morgan fingerprint density at radius 1 is 1.07 bits per heavy atom. The number of nitrogens with zero attached hydrogens (tertiary/aromatic N) is 1. The van der Waals surface area contributed by atoms with Crippen LogP contribution < -0.4 is 10.0 Å². The van der Waals surface area contributed by atoms with Crippen LogP contribution in [0.25, 0.3) is 0 Å². The number of aryl methyl sites for hydroxylation is 2. The molecule has 1 heterocycles. The molecule has 2 saturated carbocycles. The molecule has 8 heteroatoms. The summed E-state index contributed by atoms with van der Waals surface area (Å²) in [5.41, 5.74) is 1.24. The number of carbonyl (C=O) groups is 1. The minimum atomic E-state index is -3.79. The first-order valence-electron chi connectivity index (χ1n) is 10.7. The van der Waals surface area contributed by atoms with Gasteiger partial charge in [0, 0.05) is 11.7 Å². The van der Waals surface area contributed by atoms with Gasteiger partial charge in [0.15, 0.2) is 10.7 Å². The number of sulfonamides is 1. The highest BCUT2D eigenvalue weighted by Crippen LogP contribution is 2.49. The Morgan fingerprint density at radius 3 is 2.23 bits per heavy atom. The summed E-state index contributed by atoms with van der Waals surface area (Å²) in [6.45, 7) is 3.17. The number of nitrogens with one attached hydrogen (secondary N) is 2. The summed E-state index contributed by atoms with van der Waals surface area (Å²) >= 11 is 0. The van der Waals surface area contributed by atoms with Crippen LogP contribution in [-0.4, -0.2) is 25.5 Å². The van der Waals surface area contributed by atoms with E-state index in [0.29, 0.717) is 11.4 Å². The van der Waals surface area contributed by atoms with E-state index in [2.05, 4.69) is 15.2 Å². The molecule has 2 N–H and O–H groups in total. The SMILES string of the molecule is Cc1noc(C)c1S(=O)(=O)Nc1ccc(C2(C(=O)NC3CCCCCC3)CC2)cc1. The van der Waals surface area contributed by atoms with E-state index in [9.17, 15) is 13.2 Å². The second kappa shape index (κ2) is 8.06. The molecule has 4 rings (SSSR count). The smallest absolute Gasteiger partial charge is 0.267 e. The fraction of sp³-hybridized carbons (Fsp3) is 0.545. The second-order valence-electron chi connectivity index (χ2n) is 8.58. The lowest BCUT2D eigenvalue weighted by Crippen LogP contribution is -2.41. The van der Waals surface area contributed by atoms with E-state index in [-0.39, 0.29) is 22.6 Å². The third kappa shape index (κ3) is 4.10. The Balaban J connectivity index is 1.46. The number of benzene rings is 1. The maximum Gasteiger partial charge on any atom is 0.267 e. The van der Waals surface area contributed by atoms with Gasteiger partial charge in [-0.2, -0.15) is 0 Å². The minimum absolute atomic E-state index is 0.0630. The highest BCUT2D eigenvalue weighted by molar-refractivity contribution is 7.92. The van der Waals surface area contributed by atoms with Crippen molar-refractivity contribution in [1.82, 2.24) is 10.5 Å². The van der Waals surface area contributed by atoms with Crippen molar-refractivity contribution < 1.29 is 17.7 Å². The van der Waals surface area contributed by atoms with E-state index >= 15 is 0 Å². The molecular formula is C22H29N3O4S. The number of hydrogen-bond acceptors (Lipinski definition) is 5. The van der Waals surface area contributed by atoms with Crippen LogP contribution in [0.3, 0.4) is 0 Å². The van der Waals surface area contributed by atoms with Crippen LogP contribution in [0.2, 0.25) is 0 Å². The van der Waals surface area contributed by atoms with E-state index in [1.165, 1.54) is 25.7 Å². The number of amides is 1. The van der Waals surface area contributed by atoms with Crippen LogP contribution >= 0.6 is 0 Å². The lowest BCUT2D eigenvalue weighted by atomic mass is 9.94. The molecule has 2 fully saturated rings. The van der Waals surface area contributed by atoms with Crippen LogP contribution in [0.1, 0.15) is 68.4 Å². The molecule has 1 aromatic carbocycles. The Labute approximate surface area is 177 Å². The average Bonchev–Trinajstić information content (AvgIpc) is 3.47. The van der Waals surface area contributed by atoms with Gasteiger partial charge in [0.05, 0.1) is 5.41 Å². The number of hydrogen-bond donors (Lipinski definition) is 2. The van der Waals surface area contributed by atoms with Gasteiger partial charge in [-0.1, -0.05) is 43.0 Å². The molecule has 0 radical (unpaired) electrons. The largest absolute Gasteiger partial charge is 0.360 e. The standard InChI is InChI=1S/C22H29N3O4S/c1-15-20(16(2)29-24-15)30(27,28)25-19-11-9-17(10-12-19)22(13-14-22)21(26)23-18-7-5-3-4-6-8-18/h9-12,18,25H,3-8,13-14H2,1-2H3,(H,23,26). The molecule has 7 nitrogen and oxygen atoms in total. The topological polar surface area (TPSA) is 101 Å². The number of aromatic nitrogens is 1. The Kier molecular flexibility index (Phi) is 5.61. The van der Waals surface area contributed by atoms with Gasteiger partial charge in [0.25, 0.3) is 10.0 Å². The molecule has 0 aliphatic heterocycles. The molecule has 0 spiro atoms. The maximum absolute atomic E-state index is 13.0. The zero-order valence-electron chi connectivity index (χ0n) is 17.5. The Morgan fingerprint density at radius 2 is 1.70 bits per heavy atom. The molecule has 0 unspecified atom stereocenters. The van der Waals surface area contributed by atoms with Crippen molar-refractivity contribution >= 4 is 21.6 Å². The van der Waals surface area contributed by atoms with Gasteiger partial charge in [0.2, 0.25) is 5.91 Å². The zero-order chi connectivity index (χ0) is 21.4. The van der Waals surface area contributed by atoms with Gasteiger partial charge in [-0.05, 0) is 57.2 Å². The van der Waals surface area contributed by atoms with E-state index in [1.807, 2.05) is 12.1 Å². The molecule has 0 atom stereocenters. The highest BCUT2D eigenvalue weighted by Gasteiger charge is 2.51. The predicted octanol–water partition coefficient (Wildman–Crippen LogP) is 3.96. The van der Waals surface area contributed by atoms with Crippen molar-refractivity contribution in [2.75, 3.05) is 4.72 Å². The quantitative estimate of drug-likeness (QED) is 0.674. The third-order valence-corrected chi connectivity index (χ3v) is 7.93. The van der Waals surface area contributed by atoms with Crippen LogP contribution in [0.4, 0.5) is 5.69 Å². The molecule has 162 valence electrons. The van der Waals surface area contributed by atoms with Gasteiger partial charge < -0.3 is 9.84 Å². The fourth-order valence-corrected chi connectivity index (χ4v) is 5.83. The predicted molar refractivity (Wildman–Crippen MR) is 114 cm³/mol. The van der Waals surface area contributed by atoms with Gasteiger partial charge >= 0.3 is 0 Å². The molecule has 1 amide bonds. The lowest BCUT2D eigenvalue weighted by molar-refractivity contribution is -0.124. The van der Waals surface area contributed by atoms with Crippen molar-refractivity contribution in [3.63, 3.8) is 0 Å². The molecule has 0 saturated heterocycles. The average molecular weight is 432 g/mol. The Hall–Kier alpha value is -2.35. The van der Waals surface area contributed by atoms with E-state index in [0.717, 1.165) is 31.2 Å². The van der Waals surface area contributed by atoms with Crippen molar-refractivity contribution in [3.8, 4) is 0 Å². The molecule has 2 aliphatic rings. The molecule has 0 bridgehead atoms.